The third kappa shape index (κ3) is 2.25. The summed E-state index contributed by atoms with van der Waals surface area (Å²) in [4.78, 5) is 0. The van der Waals surface area contributed by atoms with Crippen molar-refractivity contribution in [3.8, 4) is 0 Å². The highest BCUT2D eigenvalue weighted by atomic mass is 79.9. The first kappa shape index (κ1) is 11.5. The molecule has 0 N–H and O–H groups in total. The number of rotatable bonds is 1. The molecule has 0 saturated carbocycles. The van der Waals surface area contributed by atoms with Gasteiger partial charge in [-0.2, -0.15) is 0 Å². The average Bonchev–Trinajstić information content (AvgIpc) is 2.33. The predicted molar refractivity (Wildman–Crippen MR) is 68.9 cm³/mol. The smallest absolute Gasteiger partial charge is 0.0987 e. The summed E-state index contributed by atoms with van der Waals surface area (Å²) < 4.78 is 2.85. The first-order valence-corrected chi connectivity index (χ1v) is 9.12. The van der Waals surface area contributed by atoms with Crippen LogP contribution in [0.4, 0.5) is 0 Å². The van der Waals surface area contributed by atoms with Gasteiger partial charge >= 0.3 is 0 Å². The molecule has 0 nitrogen and oxygen atoms in total. The van der Waals surface area contributed by atoms with Gasteiger partial charge in [0.2, 0.25) is 0 Å². The summed E-state index contributed by atoms with van der Waals surface area (Å²) in [6.45, 7) is 12.0. The third-order valence-electron chi connectivity index (χ3n) is 3.06. The Balaban J connectivity index is 3.07. The van der Waals surface area contributed by atoms with E-state index in [4.69, 9.17) is 0 Å². The Morgan fingerprint density at radius 3 is 2.08 bits per heavy atom. The molecule has 1 aromatic heterocycles. The van der Waals surface area contributed by atoms with Crippen molar-refractivity contribution in [1.82, 2.24) is 0 Å². The Morgan fingerprint density at radius 2 is 1.77 bits per heavy atom. The molecular formula is C10H17BrSSi. The van der Waals surface area contributed by atoms with Crippen LogP contribution in [0.5, 0.6) is 0 Å². The second-order valence-electron chi connectivity index (χ2n) is 4.98. The lowest BCUT2D eigenvalue weighted by Crippen LogP contribution is -2.47. The van der Waals surface area contributed by atoms with Gasteiger partial charge in [0.05, 0.1) is 11.9 Å². The topological polar surface area (TPSA) is 0 Å². The van der Waals surface area contributed by atoms with E-state index in [0.717, 1.165) is 0 Å². The lowest BCUT2D eigenvalue weighted by molar-refractivity contribution is 0.730. The van der Waals surface area contributed by atoms with Gasteiger partial charge in [0, 0.05) is 0 Å². The van der Waals surface area contributed by atoms with E-state index in [9.17, 15) is 0 Å². The molecule has 0 aliphatic carbocycles. The number of hydrogen-bond acceptors (Lipinski definition) is 1. The molecule has 0 unspecified atom stereocenters. The van der Waals surface area contributed by atoms with E-state index in [-0.39, 0.29) is 0 Å². The highest BCUT2D eigenvalue weighted by Gasteiger charge is 2.37. The highest BCUT2D eigenvalue weighted by molar-refractivity contribution is 9.11. The lowest BCUT2D eigenvalue weighted by atomic mass is 10.2. The zero-order valence-electron chi connectivity index (χ0n) is 8.94. The van der Waals surface area contributed by atoms with Crippen molar-refractivity contribution in [2.45, 2.75) is 38.9 Å². The molecule has 0 saturated heterocycles. The fourth-order valence-electron chi connectivity index (χ4n) is 1.02. The molecule has 1 rings (SSSR count). The Bertz CT molecular complexity index is 296. The van der Waals surface area contributed by atoms with Crippen LogP contribution >= 0.6 is 27.3 Å². The van der Waals surface area contributed by atoms with E-state index in [1.165, 1.54) is 3.79 Å². The number of thiophene rings is 1. The fraction of sp³-hybridized carbons (Fsp3) is 0.600. The van der Waals surface area contributed by atoms with Crippen LogP contribution in [0.1, 0.15) is 20.8 Å². The number of hydrogen-bond donors (Lipinski definition) is 0. The standard InChI is InChI=1S/C10H17BrSSi/c1-10(2,3)13(4,5)9-7-6-8(11)12-9/h6-7H,1-5H3. The minimum atomic E-state index is -1.27. The Labute approximate surface area is 94.5 Å². The summed E-state index contributed by atoms with van der Waals surface area (Å²) in [7, 11) is -1.27. The summed E-state index contributed by atoms with van der Waals surface area (Å²) in [5.74, 6) is 0. The summed E-state index contributed by atoms with van der Waals surface area (Å²) >= 11 is 5.43. The van der Waals surface area contributed by atoms with Crippen molar-refractivity contribution in [2.24, 2.45) is 0 Å². The van der Waals surface area contributed by atoms with Crippen LogP contribution in [0.3, 0.4) is 0 Å². The van der Waals surface area contributed by atoms with E-state index >= 15 is 0 Å². The summed E-state index contributed by atoms with van der Waals surface area (Å²) in [5, 5.41) is 0.442. The Hall–Kier alpha value is 0.397. The van der Waals surface area contributed by atoms with Gasteiger partial charge in [0.1, 0.15) is 0 Å². The lowest BCUT2D eigenvalue weighted by Gasteiger charge is -2.35. The highest BCUT2D eigenvalue weighted by Crippen LogP contribution is 2.37. The maximum atomic E-state index is 3.53. The summed E-state index contributed by atoms with van der Waals surface area (Å²) in [6.07, 6.45) is 0. The largest absolute Gasteiger partial charge is 0.138 e. The Kier molecular flexibility index (Phi) is 3.10. The van der Waals surface area contributed by atoms with Crippen molar-refractivity contribution < 1.29 is 0 Å². The van der Waals surface area contributed by atoms with Gasteiger partial charge in [-0.25, -0.2) is 0 Å². The molecular weight excluding hydrogens is 260 g/mol. The molecule has 0 aliphatic rings. The van der Waals surface area contributed by atoms with Gasteiger partial charge in [-0.1, -0.05) is 39.9 Å². The van der Waals surface area contributed by atoms with Gasteiger partial charge in [0.15, 0.2) is 0 Å². The molecule has 0 spiro atoms. The van der Waals surface area contributed by atoms with Crippen molar-refractivity contribution in [3.05, 3.63) is 15.9 Å². The van der Waals surface area contributed by atoms with Crippen LogP contribution in [0.25, 0.3) is 0 Å². The van der Waals surface area contributed by atoms with Crippen molar-refractivity contribution >= 4 is 39.8 Å². The fourth-order valence-corrected chi connectivity index (χ4v) is 6.11. The van der Waals surface area contributed by atoms with Gasteiger partial charge in [-0.15, -0.1) is 11.3 Å². The normalized spacial score (nSPS) is 13.4. The van der Waals surface area contributed by atoms with E-state index < -0.39 is 8.07 Å². The van der Waals surface area contributed by atoms with E-state index in [2.05, 4.69) is 61.9 Å². The van der Waals surface area contributed by atoms with Gasteiger partial charge in [-0.05, 0) is 31.5 Å². The maximum absolute atomic E-state index is 3.53. The first-order valence-electron chi connectivity index (χ1n) is 4.51. The average molecular weight is 277 g/mol. The summed E-state index contributed by atoms with van der Waals surface area (Å²) in [5.41, 5.74) is 0. The van der Waals surface area contributed by atoms with Crippen LogP contribution in [0, 0.1) is 0 Å². The predicted octanol–water partition coefficient (Wildman–Crippen LogP) is 4.23. The minimum Gasteiger partial charge on any atom is -0.138 e. The molecule has 0 fully saturated rings. The molecule has 0 amide bonds. The molecule has 1 aromatic rings. The zero-order valence-corrected chi connectivity index (χ0v) is 12.3. The minimum absolute atomic E-state index is 0.442. The second kappa shape index (κ2) is 3.52. The van der Waals surface area contributed by atoms with Crippen LogP contribution in [-0.2, 0) is 0 Å². The molecule has 0 bridgehead atoms. The number of halogens is 1. The van der Waals surface area contributed by atoms with Crippen LogP contribution in [-0.4, -0.2) is 8.07 Å². The van der Waals surface area contributed by atoms with Crippen molar-refractivity contribution in [1.29, 1.82) is 0 Å². The van der Waals surface area contributed by atoms with Crippen LogP contribution in [0.15, 0.2) is 15.9 Å². The van der Waals surface area contributed by atoms with Crippen molar-refractivity contribution in [3.63, 3.8) is 0 Å². The van der Waals surface area contributed by atoms with Crippen LogP contribution in [0.2, 0.25) is 18.1 Å². The Morgan fingerprint density at radius 1 is 1.23 bits per heavy atom. The maximum Gasteiger partial charge on any atom is 0.0987 e. The van der Waals surface area contributed by atoms with Gasteiger partial charge in [-0.3, -0.25) is 0 Å². The summed E-state index contributed by atoms with van der Waals surface area (Å²) in [6, 6.07) is 4.45. The molecule has 0 aromatic carbocycles. The molecule has 1 heterocycles. The molecule has 74 valence electrons. The van der Waals surface area contributed by atoms with Crippen LogP contribution < -0.4 is 4.50 Å². The quantitative estimate of drug-likeness (QED) is 0.674. The van der Waals surface area contributed by atoms with Gasteiger partial charge < -0.3 is 0 Å². The molecule has 0 atom stereocenters. The van der Waals surface area contributed by atoms with Gasteiger partial charge in [0.25, 0.3) is 0 Å². The monoisotopic (exact) mass is 276 g/mol. The molecule has 3 heteroatoms. The first-order chi connectivity index (χ1) is 5.75. The van der Waals surface area contributed by atoms with E-state index in [1.54, 1.807) is 4.50 Å². The molecule has 0 radical (unpaired) electrons. The third-order valence-corrected chi connectivity index (χ3v) is 11.5. The van der Waals surface area contributed by atoms with Crippen molar-refractivity contribution in [2.75, 3.05) is 0 Å². The van der Waals surface area contributed by atoms with E-state index in [1.807, 2.05) is 11.3 Å². The zero-order chi connectivity index (χ0) is 10.3. The molecule has 0 aliphatic heterocycles. The van der Waals surface area contributed by atoms with E-state index in [0.29, 0.717) is 5.04 Å². The molecule has 13 heavy (non-hydrogen) atoms. The second-order valence-corrected chi connectivity index (χ2v) is 13.1. The SMILES string of the molecule is CC(C)(C)[Si](C)(C)c1ccc(Br)s1.